The number of rotatable bonds is 7. The van der Waals surface area contributed by atoms with Crippen LogP contribution in [0.2, 0.25) is 5.28 Å². The molecule has 27 heavy (non-hydrogen) atoms. The van der Waals surface area contributed by atoms with Crippen molar-refractivity contribution in [2.24, 2.45) is 0 Å². The number of halogens is 1. The lowest BCUT2D eigenvalue weighted by Crippen LogP contribution is -2.10. The Bertz CT molecular complexity index is 957. The number of hydrogen-bond donors (Lipinski definition) is 1. The van der Waals surface area contributed by atoms with Crippen LogP contribution < -0.4 is 5.32 Å². The van der Waals surface area contributed by atoms with Crippen molar-refractivity contribution >= 4 is 40.2 Å². The molecular formula is C17H19ClN6O3. The lowest BCUT2D eigenvalue weighted by Gasteiger charge is -2.09. The molecule has 0 unspecified atom stereocenters. The minimum Gasteiger partial charge on any atom is -0.464 e. The fraction of sp³-hybridized carbons (Fsp3) is 0.353. The van der Waals surface area contributed by atoms with Crippen LogP contribution in [-0.4, -0.2) is 51.0 Å². The van der Waals surface area contributed by atoms with Crippen LogP contribution in [0.3, 0.4) is 0 Å². The Morgan fingerprint density at radius 2 is 2.15 bits per heavy atom. The highest BCUT2D eigenvalue weighted by molar-refractivity contribution is 6.29. The quantitative estimate of drug-likeness (QED) is 0.373. The van der Waals surface area contributed by atoms with Gasteiger partial charge in [-0.2, -0.15) is 10.1 Å². The van der Waals surface area contributed by atoms with Crippen LogP contribution >= 0.6 is 11.6 Å². The lowest BCUT2D eigenvalue weighted by molar-refractivity contribution is 0.0594. The standard InChI is InChI=1S/C17H19ClN6O3/c1-4-27-8-7-24-14-12(13(23-24)16(25)26-3)21-17(18)22-15(14)20-11-6-5-10(2)9-19-11/h5-6,9H,4,7-8H2,1-3H3,(H,19,20,21,22). The van der Waals surface area contributed by atoms with E-state index in [1.165, 1.54) is 7.11 Å². The van der Waals surface area contributed by atoms with Crippen molar-refractivity contribution in [3.05, 3.63) is 34.9 Å². The molecule has 0 bridgehead atoms. The van der Waals surface area contributed by atoms with Crippen molar-refractivity contribution in [1.82, 2.24) is 24.7 Å². The molecule has 142 valence electrons. The molecule has 0 radical (unpaired) electrons. The Hall–Kier alpha value is -2.78. The highest BCUT2D eigenvalue weighted by Gasteiger charge is 2.23. The van der Waals surface area contributed by atoms with Crippen LogP contribution in [0.15, 0.2) is 18.3 Å². The average molecular weight is 391 g/mol. The first-order valence-electron chi connectivity index (χ1n) is 8.33. The van der Waals surface area contributed by atoms with Gasteiger partial charge in [-0.05, 0) is 37.1 Å². The number of anilines is 2. The van der Waals surface area contributed by atoms with E-state index in [2.05, 4.69) is 25.4 Å². The molecular weight excluding hydrogens is 372 g/mol. The van der Waals surface area contributed by atoms with Gasteiger partial charge in [0.2, 0.25) is 5.28 Å². The van der Waals surface area contributed by atoms with E-state index in [4.69, 9.17) is 21.1 Å². The predicted molar refractivity (Wildman–Crippen MR) is 100 cm³/mol. The Labute approximate surface area is 160 Å². The molecule has 10 heteroatoms. The Morgan fingerprint density at radius 3 is 2.81 bits per heavy atom. The molecule has 3 aromatic heterocycles. The summed E-state index contributed by atoms with van der Waals surface area (Å²) >= 11 is 6.07. The van der Waals surface area contributed by atoms with Gasteiger partial charge in [0.1, 0.15) is 16.9 Å². The first-order chi connectivity index (χ1) is 13.0. The van der Waals surface area contributed by atoms with Crippen LogP contribution in [0, 0.1) is 6.92 Å². The van der Waals surface area contributed by atoms with Gasteiger partial charge in [-0.15, -0.1) is 0 Å². The minimum atomic E-state index is -0.607. The summed E-state index contributed by atoms with van der Waals surface area (Å²) in [6, 6.07) is 3.74. The number of aryl methyl sites for hydroxylation is 1. The van der Waals surface area contributed by atoms with Gasteiger partial charge in [0.15, 0.2) is 11.5 Å². The van der Waals surface area contributed by atoms with Gasteiger partial charge in [0.05, 0.1) is 20.3 Å². The summed E-state index contributed by atoms with van der Waals surface area (Å²) in [5, 5.41) is 7.42. The number of carbonyl (C=O) groups excluding carboxylic acids is 1. The van der Waals surface area contributed by atoms with Crippen molar-refractivity contribution in [2.75, 3.05) is 25.6 Å². The first-order valence-corrected chi connectivity index (χ1v) is 8.71. The molecule has 0 fully saturated rings. The summed E-state index contributed by atoms with van der Waals surface area (Å²) in [6.45, 7) is 5.24. The smallest absolute Gasteiger partial charge is 0.360 e. The minimum absolute atomic E-state index is 0.0216. The maximum Gasteiger partial charge on any atom is 0.360 e. The molecule has 0 atom stereocenters. The van der Waals surface area contributed by atoms with Crippen molar-refractivity contribution in [2.45, 2.75) is 20.4 Å². The molecule has 0 aromatic carbocycles. The van der Waals surface area contributed by atoms with E-state index in [0.717, 1.165) is 5.56 Å². The number of methoxy groups -OCH3 is 1. The molecule has 1 N–H and O–H groups in total. The lowest BCUT2D eigenvalue weighted by atomic mass is 10.3. The molecule has 0 aliphatic heterocycles. The van der Waals surface area contributed by atoms with Gasteiger partial charge in [0.25, 0.3) is 0 Å². The number of nitrogens with zero attached hydrogens (tertiary/aromatic N) is 5. The fourth-order valence-corrected chi connectivity index (χ4v) is 2.67. The maximum atomic E-state index is 12.1. The SMILES string of the molecule is CCOCCn1nc(C(=O)OC)c2nc(Cl)nc(Nc3ccc(C)cn3)c21. The third-order valence-corrected chi connectivity index (χ3v) is 3.92. The Kier molecular flexibility index (Phi) is 5.82. The highest BCUT2D eigenvalue weighted by Crippen LogP contribution is 2.27. The Balaban J connectivity index is 2.11. The number of carbonyl (C=O) groups is 1. The third-order valence-electron chi connectivity index (χ3n) is 3.75. The first kappa shape index (κ1) is 19.0. The van der Waals surface area contributed by atoms with Crippen molar-refractivity contribution in [1.29, 1.82) is 0 Å². The normalized spacial score (nSPS) is 11.0. The highest BCUT2D eigenvalue weighted by atomic mass is 35.5. The molecule has 3 aromatic rings. The molecule has 3 heterocycles. The zero-order valence-corrected chi connectivity index (χ0v) is 15.9. The van der Waals surface area contributed by atoms with E-state index >= 15 is 0 Å². The van der Waals surface area contributed by atoms with E-state index in [0.29, 0.717) is 42.4 Å². The number of pyridine rings is 1. The molecule has 0 aliphatic rings. The van der Waals surface area contributed by atoms with E-state index in [-0.39, 0.29) is 11.0 Å². The summed E-state index contributed by atoms with van der Waals surface area (Å²) in [7, 11) is 1.28. The molecule has 0 spiro atoms. The van der Waals surface area contributed by atoms with Crippen LogP contribution in [-0.2, 0) is 16.0 Å². The van der Waals surface area contributed by atoms with Gasteiger partial charge in [0, 0.05) is 12.8 Å². The topological polar surface area (TPSA) is 104 Å². The van der Waals surface area contributed by atoms with Gasteiger partial charge in [-0.3, -0.25) is 4.68 Å². The van der Waals surface area contributed by atoms with Gasteiger partial charge in [-0.25, -0.2) is 14.8 Å². The van der Waals surface area contributed by atoms with Crippen LogP contribution in [0.4, 0.5) is 11.6 Å². The Morgan fingerprint density at radius 1 is 1.33 bits per heavy atom. The number of fused-ring (bicyclic) bond motifs is 1. The number of aromatic nitrogens is 5. The van der Waals surface area contributed by atoms with E-state index in [1.807, 2.05) is 26.0 Å². The molecule has 9 nitrogen and oxygen atoms in total. The summed E-state index contributed by atoms with van der Waals surface area (Å²) < 4.78 is 11.8. The van der Waals surface area contributed by atoms with Crippen molar-refractivity contribution in [3.8, 4) is 0 Å². The average Bonchev–Trinajstić information content (AvgIpc) is 3.01. The van der Waals surface area contributed by atoms with Crippen molar-refractivity contribution in [3.63, 3.8) is 0 Å². The number of hydrogen-bond acceptors (Lipinski definition) is 8. The van der Waals surface area contributed by atoms with Gasteiger partial charge in [-0.1, -0.05) is 6.07 Å². The summed E-state index contributed by atoms with van der Waals surface area (Å²) in [4.78, 5) is 24.9. The fourth-order valence-electron chi connectivity index (χ4n) is 2.50. The molecule has 0 saturated heterocycles. The van der Waals surface area contributed by atoms with E-state index < -0.39 is 5.97 Å². The second-order valence-electron chi connectivity index (χ2n) is 5.64. The second-order valence-corrected chi connectivity index (χ2v) is 5.98. The summed E-state index contributed by atoms with van der Waals surface area (Å²) in [6.07, 6.45) is 1.73. The zero-order valence-electron chi connectivity index (χ0n) is 15.2. The number of nitrogens with one attached hydrogen (secondary N) is 1. The maximum absolute atomic E-state index is 12.1. The van der Waals surface area contributed by atoms with Gasteiger partial charge >= 0.3 is 5.97 Å². The van der Waals surface area contributed by atoms with Gasteiger partial charge < -0.3 is 14.8 Å². The van der Waals surface area contributed by atoms with E-state index in [1.54, 1.807) is 10.9 Å². The van der Waals surface area contributed by atoms with Crippen LogP contribution in [0.1, 0.15) is 23.0 Å². The number of ether oxygens (including phenoxy) is 2. The summed E-state index contributed by atoms with van der Waals surface area (Å²) in [5.41, 5.74) is 1.91. The largest absolute Gasteiger partial charge is 0.464 e. The molecule has 3 rings (SSSR count). The number of esters is 1. The van der Waals surface area contributed by atoms with Crippen LogP contribution in [0.25, 0.3) is 11.0 Å². The zero-order chi connectivity index (χ0) is 19.4. The summed E-state index contributed by atoms with van der Waals surface area (Å²) in [5.74, 6) is 0.360. The molecule has 0 aliphatic carbocycles. The molecule has 0 saturated carbocycles. The third kappa shape index (κ3) is 4.15. The van der Waals surface area contributed by atoms with Crippen LogP contribution in [0.5, 0.6) is 0 Å². The van der Waals surface area contributed by atoms with E-state index in [9.17, 15) is 4.79 Å². The predicted octanol–water partition coefficient (Wildman–Crippen LogP) is 2.75. The second kappa shape index (κ2) is 8.28. The van der Waals surface area contributed by atoms with Crippen molar-refractivity contribution < 1.29 is 14.3 Å². The molecule has 0 amide bonds. The monoisotopic (exact) mass is 390 g/mol.